The van der Waals surface area contributed by atoms with Crippen LogP contribution in [0.1, 0.15) is 54.3 Å². The van der Waals surface area contributed by atoms with Gasteiger partial charge >= 0.3 is 5.97 Å². The van der Waals surface area contributed by atoms with Crippen molar-refractivity contribution < 1.29 is 33.5 Å². The Bertz CT molecular complexity index is 991. The van der Waals surface area contributed by atoms with Crippen LogP contribution >= 0.6 is 0 Å². The molecule has 1 atom stereocenters. The van der Waals surface area contributed by atoms with E-state index in [1.165, 1.54) is 17.2 Å². The number of hydrogen-bond donors (Lipinski definition) is 1. The summed E-state index contributed by atoms with van der Waals surface area (Å²) in [5.41, 5.74) is -0.258. The Balaban J connectivity index is 1.40. The average molecular weight is 429 g/mol. The van der Waals surface area contributed by atoms with E-state index < -0.39 is 35.1 Å². The quantitative estimate of drug-likeness (QED) is 0.693. The molecule has 4 rings (SSSR count). The molecule has 0 aromatic heterocycles. The first-order chi connectivity index (χ1) is 14.5. The Morgan fingerprint density at radius 1 is 1.06 bits per heavy atom. The second-order valence-corrected chi connectivity index (χ2v) is 8.87. The number of ether oxygens (including phenoxy) is 1. The second-order valence-electron chi connectivity index (χ2n) is 8.87. The van der Waals surface area contributed by atoms with Crippen molar-refractivity contribution in [3.63, 3.8) is 0 Å². The zero-order valence-electron chi connectivity index (χ0n) is 17.5. The number of rotatable bonds is 4. The van der Waals surface area contributed by atoms with E-state index in [1.807, 2.05) is 0 Å². The maximum absolute atomic E-state index is 12.8. The third-order valence-corrected chi connectivity index (χ3v) is 5.35. The van der Waals surface area contributed by atoms with Crippen LogP contribution in [0.4, 0.5) is 0 Å². The van der Waals surface area contributed by atoms with Crippen LogP contribution in [0.15, 0.2) is 18.2 Å². The predicted molar refractivity (Wildman–Crippen MR) is 105 cm³/mol. The number of nitrogens with one attached hydrogen (secondary N) is 1. The highest BCUT2D eigenvalue weighted by Crippen LogP contribution is 2.31. The molecule has 1 N–H and O–H groups in total. The lowest BCUT2D eigenvalue weighted by Gasteiger charge is -2.38. The molecule has 2 fully saturated rings. The van der Waals surface area contributed by atoms with Gasteiger partial charge in [0.2, 0.25) is 11.8 Å². The SMILES string of the molecule is CC(C)(C)C(=O)ON1CC(Oc2ccc3c(c2)C(=O)N(C2CCC(=O)NC2=O)C3=O)C1. The van der Waals surface area contributed by atoms with Crippen molar-refractivity contribution >= 4 is 29.6 Å². The van der Waals surface area contributed by atoms with Crippen LogP contribution in [0, 0.1) is 5.41 Å². The number of piperidine rings is 1. The largest absolute Gasteiger partial charge is 0.487 e. The van der Waals surface area contributed by atoms with Crippen LogP contribution in [-0.4, -0.2) is 64.8 Å². The minimum absolute atomic E-state index is 0.0656. The molecule has 10 nitrogen and oxygen atoms in total. The van der Waals surface area contributed by atoms with Crippen LogP contribution in [0.2, 0.25) is 0 Å². The Kier molecular flexibility index (Phi) is 5.04. The van der Waals surface area contributed by atoms with Crippen molar-refractivity contribution in [1.29, 1.82) is 0 Å². The van der Waals surface area contributed by atoms with Crippen LogP contribution in [-0.2, 0) is 19.2 Å². The Labute approximate surface area is 178 Å². The van der Waals surface area contributed by atoms with E-state index in [4.69, 9.17) is 9.57 Å². The normalized spacial score (nSPS) is 22.2. The van der Waals surface area contributed by atoms with Gasteiger partial charge in [0.25, 0.3) is 11.8 Å². The molecule has 0 saturated carbocycles. The van der Waals surface area contributed by atoms with Gasteiger partial charge in [-0.15, -0.1) is 5.06 Å². The smallest absolute Gasteiger partial charge is 0.330 e. The van der Waals surface area contributed by atoms with Gasteiger partial charge in [-0.1, -0.05) is 0 Å². The Morgan fingerprint density at radius 3 is 2.39 bits per heavy atom. The van der Waals surface area contributed by atoms with Gasteiger partial charge in [-0.3, -0.25) is 29.4 Å². The summed E-state index contributed by atoms with van der Waals surface area (Å²) in [6.45, 7) is 6.07. The van der Waals surface area contributed by atoms with Crippen LogP contribution < -0.4 is 10.1 Å². The summed E-state index contributed by atoms with van der Waals surface area (Å²) in [7, 11) is 0. The van der Waals surface area contributed by atoms with Crippen molar-refractivity contribution in [2.75, 3.05) is 13.1 Å². The van der Waals surface area contributed by atoms with Gasteiger partial charge < -0.3 is 9.57 Å². The fourth-order valence-electron chi connectivity index (χ4n) is 3.52. The highest BCUT2D eigenvalue weighted by atomic mass is 16.7. The van der Waals surface area contributed by atoms with Gasteiger partial charge in [0.15, 0.2) is 0 Å². The molecule has 0 spiro atoms. The molecule has 0 aliphatic carbocycles. The number of carbonyl (C=O) groups is 5. The number of amides is 4. The Hall–Kier alpha value is -3.27. The minimum atomic E-state index is -1.01. The lowest BCUT2D eigenvalue weighted by atomic mass is 9.98. The molecule has 3 aliphatic rings. The standard InChI is InChI=1S/C21H23N3O7/c1-21(2,3)20(29)31-23-9-12(10-23)30-11-4-5-13-14(8-11)19(28)24(18(13)27)15-6-7-16(25)22-17(15)26/h4-5,8,12,15H,6-7,9-10H2,1-3H3,(H,22,25,26). The number of benzene rings is 1. The van der Waals surface area contributed by atoms with Crippen molar-refractivity contribution in [3.8, 4) is 5.75 Å². The number of imide groups is 2. The van der Waals surface area contributed by atoms with E-state index in [-0.39, 0.29) is 36.0 Å². The fraction of sp³-hybridized carbons (Fsp3) is 0.476. The summed E-state index contributed by atoms with van der Waals surface area (Å²) >= 11 is 0. The van der Waals surface area contributed by atoms with E-state index in [2.05, 4.69) is 5.32 Å². The molecule has 10 heteroatoms. The first-order valence-electron chi connectivity index (χ1n) is 10.0. The summed E-state index contributed by atoms with van der Waals surface area (Å²) in [6.07, 6.45) is -0.0647. The third kappa shape index (κ3) is 3.90. The highest BCUT2D eigenvalue weighted by molar-refractivity contribution is 6.23. The van der Waals surface area contributed by atoms with Crippen LogP contribution in [0.3, 0.4) is 0 Å². The lowest BCUT2D eigenvalue weighted by Crippen LogP contribution is -2.55. The van der Waals surface area contributed by atoms with E-state index in [0.29, 0.717) is 18.8 Å². The van der Waals surface area contributed by atoms with Crippen molar-refractivity contribution in [2.24, 2.45) is 5.41 Å². The van der Waals surface area contributed by atoms with Gasteiger partial charge in [-0.25, -0.2) is 4.79 Å². The number of hydrogen-bond acceptors (Lipinski definition) is 8. The van der Waals surface area contributed by atoms with Crippen LogP contribution in [0.25, 0.3) is 0 Å². The monoisotopic (exact) mass is 429 g/mol. The molecule has 1 aromatic carbocycles. The summed E-state index contributed by atoms with van der Waals surface area (Å²) in [6, 6.07) is 3.55. The van der Waals surface area contributed by atoms with Gasteiger partial charge in [-0.2, -0.15) is 0 Å². The molecule has 1 aromatic rings. The topological polar surface area (TPSA) is 122 Å². The molecular weight excluding hydrogens is 406 g/mol. The molecule has 3 aliphatic heterocycles. The number of carbonyl (C=O) groups excluding carboxylic acids is 5. The maximum Gasteiger partial charge on any atom is 0.330 e. The van der Waals surface area contributed by atoms with E-state index in [0.717, 1.165) is 4.90 Å². The molecule has 164 valence electrons. The average Bonchev–Trinajstić information content (AvgIpc) is 2.90. The van der Waals surface area contributed by atoms with Gasteiger partial charge in [0, 0.05) is 6.42 Å². The van der Waals surface area contributed by atoms with E-state index in [1.54, 1.807) is 26.8 Å². The molecule has 1 unspecified atom stereocenters. The van der Waals surface area contributed by atoms with Gasteiger partial charge in [0.1, 0.15) is 17.9 Å². The third-order valence-electron chi connectivity index (χ3n) is 5.35. The van der Waals surface area contributed by atoms with Gasteiger partial charge in [-0.05, 0) is 45.4 Å². The summed E-state index contributed by atoms with van der Waals surface area (Å²) in [4.78, 5) is 67.1. The predicted octanol–water partition coefficient (Wildman–Crippen LogP) is 0.655. The number of fused-ring (bicyclic) bond motifs is 1. The molecule has 3 heterocycles. The first-order valence-corrected chi connectivity index (χ1v) is 10.0. The fourth-order valence-corrected chi connectivity index (χ4v) is 3.52. The highest BCUT2D eigenvalue weighted by Gasteiger charge is 2.45. The van der Waals surface area contributed by atoms with Crippen molar-refractivity contribution in [1.82, 2.24) is 15.3 Å². The van der Waals surface area contributed by atoms with Crippen molar-refractivity contribution in [3.05, 3.63) is 29.3 Å². The molecule has 31 heavy (non-hydrogen) atoms. The molecule has 0 radical (unpaired) electrons. The van der Waals surface area contributed by atoms with E-state index in [9.17, 15) is 24.0 Å². The first kappa shape index (κ1) is 21.0. The second kappa shape index (κ2) is 7.45. The van der Waals surface area contributed by atoms with Gasteiger partial charge in [0.05, 0.1) is 29.6 Å². The molecular formula is C21H23N3O7. The summed E-state index contributed by atoms with van der Waals surface area (Å²) < 4.78 is 5.83. The summed E-state index contributed by atoms with van der Waals surface area (Å²) in [5, 5.41) is 3.67. The number of nitrogens with zero attached hydrogens (tertiary/aromatic N) is 2. The minimum Gasteiger partial charge on any atom is -0.487 e. The van der Waals surface area contributed by atoms with Crippen LogP contribution in [0.5, 0.6) is 5.75 Å². The van der Waals surface area contributed by atoms with Crippen molar-refractivity contribution in [2.45, 2.75) is 45.8 Å². The molecule has 4 amide bonds. The number of hydroxylamine groups is 2. The zero-order valence-corrected chi connectivity index (χ0v) is 17.5. The lowest BCUT2D eigenvalue weighted by molar-refractivity contribution is -0.234. The Morgan fingerprint density at radius 2 is 1.74 bits per heavy atom. The molecule has 2 saturated heterocycles. The zero-order chi connectivity index (χ0) is 22.5. The molecule has 0 bridgehead atoms. The van der Waals surface area contributed by atoms with E-state index >= 15 is 0 Å². The maximum atomic E-state index is 12.8. The summed E-state index contributed by atoms with van der Waals surface area (Å²) in [5.74, 6) is -2.16.